The molecule has 1 aromatic carbocycles. The smallest absolute Gasteiger partial charge is 0.194 e. The number of benzene rings is 1. The van der Waals surface area contributed by atoms with Crippen LogP contribution in [0.3, 0.4) is 0 Å². The Morgan fingerprint density at radius 2 is 1.96 bits per heavy atom. The van der Waals surface area contributed by atoms with E-state index >= 15 is 0 Å². The third kappa shape index (κ3) is 4.20. The molecule has 2 heterocycles. The first-order valence-corrected chi connectivity index (χ1v) is 8.43. The molecule has 1 atom stereocenters. The lowest BCUT2D eigenvalue weighted by atomic mass is 10.1. The van der Waals surface area contributed by atoms with E-state index in [0.717, 1.165) is 0 Å². The number of carbonyl (C=O) groups excluding carboxylic acids is 1. The standard InChI is InChI=1S/C18H18BrNO4/c1-18(2)23-11-15(24-18)10-22-14-6-3-12(4-7-14)17(21)13-5-8-16(19)20-9-13/h3-9,15H,10-11H2,1-2H3. The van der Waals surface area contributed by atoms with Gasteiger partial charge in [-0.05, 0) is 66.2 Å². The number of carbonyl (C=O) groups is 1. The highest BCUT2D eigenvalue weighted by Gasteiger charge is 2.32. The lowest BCUT2D eigenvalue weighted by Crippen LogP contribution is -2.25. The number of nitrogens with zero attached hydrogens (tertiary/aromatic N) is 1. The van der Waals surface area contributed by atoms with Crippen LogP contribution in [0, 0.1) is 0 Å². The van der Waals surface area contributed by atoms with Crippen molar-refractivity contribution in [2.75, 3.05) is 13.2 Å². The van der Waals surface area contributed by atoms with Crippen molar-refractivity contribution in [3.8, 4) is 5.75 Å². The van der Waals surface area contributed by atoms with E-state index in [1.165, 1.54) is 0 Å². The summed E-state index contributed by atoms with van der Waals surface area (Å²) in [6, 6.07) is 10.5. The van der Waals surface area contributed by atoms with Crippen LogP contribution in [0.25, 0.3) is 0 Å². The fraction of sp³-hybridized carbons (Fsp3) is 0.333. The van der Waals surface area contributed by atoms with Gasteiger partial charge in [0.15, 0.2) is 11.6 Å². The predicted molar refractivity (Wildman–Crippen MR) is 92.2 cm³/mol. The first-order chi connectivity index (χ1) is 11.4. The summed E-state index contributed by atoms with van der Waals surface area (Å²) in [6.45, 7) is 4.68. The summed E-state index contributed by atoms with van der Waals surface area (Å²) in [5.41, 5.74) is 1.14. The third-order valence-corrected chi connectivity index (χ3v) is 4.08. The van der Waals surface area contributed by atoms with Crippen molar-refractivity contribution in [1.29, 1.82) is 0 Å². The van der Waals surface area contributed by atoms with Crippen LogP contribution in [0.4, 0.5) is 0 Å². The van der Waals surface area contributed by atoms with Gasteiger partial charge in [0, 0.05) is 17.3 Å². The first kappa shape index (κ1) is 17.1. The van der Waals surface area contributed by atoms with Gasteiger partial charge in [0.2, 0.25) is 0 Å². The number of hydrogen-bond acceptors (Lipinski definition) is 5. The van der Waals surface area contributed by atoms with Crippen LogP contribution in [0.1, 0.15) is 29.8 Å². The van der Waals surface area contributed by atoms with E-state index in [0.29, 0.717) is 34.7 Å². The Hall–Kier alpha value is -1.76. The molecule has 3 rings (SSSR count). The number of rotatable bonds is 5. The van der Waals surface area contributed by atoms with Crippen LogP contribution in [-0.4, -0.2) is 35.9 Å². The topological polar surface area (TPSA) is 57.7 Å². The summed E-state index contributed by atoms with van der Waals surface area (Å²) in [5.74, 6) is 0.0628. The van der Waals surface area contributed by atoms with Gasteiger partial charge in [0.25, 0.3) is 0 Å². The van der Waals surface area contributed by atoms with Crippen LogP contribution in [0.2, 0.25) is 0 Å². The number of pyridine rings is 1. The van der Waals surface area contributed by atoms with E-state index < -0.39 is 5.79 Å². The van der Waals surface area contributed by atoms with Gasteiger partial charge in [-0.25, -0.2) is 4.98 Å². The number of halogens is 1. The van der Waals surface area contributed by atoms with Crippen LogP contribution in [0.15, 0.2) is 47.2 Å². The van der Waals surface area contributed by atoms with Crippen LogP contribution < -0.4 is 4.74 Å². The van der Waals surface area contributed by atoms with Gasteiger partial charge >= 0.3 is 0 Å². The van der Waals surface area contributed by atoms with Gasteiger partial charge in [0.05, 0.1) is 6.61 Å². The Morgan fingerprint density at radius 1 is 1.25 bits per heavy atom. The Labute approximate surface area is 149 Å². The van der Waals surface area contributed by atoms with Gasteiger partial charge in [-0.1, -0.05) is 0 Å². The van der Waals surface area contributed by atoms with E-state index in [4.69, 9.17) is 14.2 Å². The summed E-state index contributed by atoms with van der Waals surface area (Å²) in [5, 5.41) is 0. The maximum absolute atomic E-state index is 12.4. The molecular formula is C18H18BrNO4. The van der Waals surface area contributed by atoms with Crippen molar-refractivity contribution in [3.63, 3.8) is 0 Å². The third-order valence-electron chi connectivity index (χ3n) is 3.61. The second-order valence-electron chi connectivity index (χ2n) is 5.98. The molecule has 0 N–H and O–H groups in total. The molecule has 0 radical (unpaired) electrons. The summed E-state index contributed by atoms with van der Waals surface area (Å²) in [7, 11) is 0. The van der Waals surface area contributed by atoms with Gasteiger partial charge < -0.3 is 14.2 Å². The Kier molecular flexibility index (Phi) is 4.99. The van der Waals surface area contributed by atoms with Crippen molar-refractivity contribution < 1.29 is 19.0 Å². The molecule has 0 saturated carbocycles. The monoisotopic (exact) mass is 391 g/mol. The van der Waals surface area contributed by atoms with Crippen LogP contribution in [0.5, 0.6) is 5.75 Å². The zero-order valence-corrected chi connectivity index (χ0v) is 15.1. The normalized spacial score (nSPS) is 19.2. The zero-order valence-electron chi connectivity index (χ0n) is 13.5. The predicted octanol–water partition coefficient (Wildman–Crippen LogP) is 3.61. The molecule has 0 spiro atoms. The Morgan fingerprint density at radius 3 is 2.54 bits per heavy atom. The summed E-state index contributed by atoms with van der Waals surface area (Å²) >= 11 is 3.25. The first-order valence-electron chi connectivity index (χ1n) is 7.64. The van der Waals surface area contributed by atoms with Crippen molar-refractivity contribution in [3.05, 3.63) is 58.3 Å². The molecule has 1 aromatic heterocycles. The SMILES string of the molecule is CC1(C)OCC(COc2ccc(C(=O)c3ccc(Br)nc3)cc2)O1. The van der Waals surface area contributed by atoms with Gasteiger partial charge in [-0.3, -0.25) is 4.79 Å². The van der Waals surface area contributed by atoms with Gasteiger partial charge in [0.1, 0.15) is 23.1 Å². The van der Waals surface area contributed by atoms with Crippen molar-refractivity contribution >= 4 is 21.7 Å². The maximum Gasteiger partial charge on any atom is 0.194 e. The van der Waals surface area contributed by atoms with E-state index in [1.807, 2.05) is 13.8 Å². The molecule has 2 aromatic rings. The van der Waals surface area contributed by atoms with Gasteiger partial charge in [-0.15, -0.1) is 0 Å². The van der Waals surface area contributed by atoms with E-state index in [9.17, 15) is 4.79 Å². The highest BCUT2D eigenvalue weighted by Crippen LogP contribution is 2.23. The van der Waals surface area contributed by atoms with Crippen molar-refractivity contribution in [2.45, 2.75) is 25.7 Å². The molecule has 0 amide bonds. The summed E-state index contributed by atoms with van der Waals surface area (Å²) in [6.07, 6.45) is 1.46. The Bertz CT molecular complexity index is 713. The van der Waals surface area contributed by atoms with Crippen molar-refractivity contribution in [1.82, 2.24) is 4.98 Å². The van der Waals surface area contributed by atoms with E-state index in [-0.39, 0.29) is 11.9 Å². The zero-order chi connectivity index (χ0) is 17.2. The fourth-order valence-electron chi connectivity index (χ4n) is 2.41. The molecule has 0 aliphatic carbocycles. The fourth-order valence-corrected chi connectivity index (χ4v) is 2.65. The highest BCUT2D eigenvalue weighted by molar-refractivity contribution is 9.10. The molecule has 126 valence electrons. The molecule has 0 bridgehead atoms. The number of aromatic nitrogens is 1. The van der Waals surface area contributed by atoms with Crippen LogP contribution in [-0.2, 0) is 9.47 Å². The minimum atomic E-state index is -0.553. The minimum Gasteiger partial charge on any atom is -0.491 e. The largest absolute Gasteiger partial charge is 0.491 e. The second kappa shape index (κ2) is 7.01. The molecular weight excluding hydrogens is 374 g/mol. The minimum absolute atomic E-state index is 0.0733. The molecule has 1 aliphatic heterocycles. The van der Waals surface area contributed by atoms with Gasteiger partial charge in [-0.2, -0.15) is 0 Å². The molecule has 1 saturated heterocycles. The number of ether oxygens (including phenoxy) is 3. The summed E-state index contributed by atoms with van der Waals surface area (Å²) < 4.78 is 17.6. The molecule has 5 nitrogen and oxygen atoms in total. The maximum atomic E-state index is 12.4. The Balaban J connectivity index is 1.59. The lowest BCUT2D eigenvalue weighted by Gasteiger charge is -2.17. The molecule has 6 heteroatoms. The number of ketones is 1. The molecule has 1 fully saturated rings. The molecule has 1 aliphatic rings. The van der Waals surface area contributed by atoms with Crippen molar-refractivity contribution in [2.24, 2.45) is 0 Å². The molecule has 1 unspecified atom stereocenters. The quantitative estimate of drug-likeness (QED) is 0.575. The average Bonchev–Trinajstić information content (AvgIpc) is 2.93. The molecule has 24 heavy (non-hydrogen) atoms. The number of hydrogen-bond donors (Lipinski definition) is 0. The lowest BCUT2D eigenvalue weighted by molar-refractivity contribution is -0.141. The second-order valence-corrected chi connectivity index (χ2v) is 6.80. The summed E-state index contributed by atoms with van der Waals surface area (Å²) in [4.78, 5) is 16.4. The highest BCUT2D eigenvalue weighted by atomic mass is 79.9. The van der Waals surface area contributed by atoms with E-state index in [1.54, 1.807) is 42.6 Å². The van der Waals surface area contributed by atoms with E-state index in [2.05, 4.69) is 20.9 Å². The van der Waals surface area contributed by atoms with Crippen LogP contribution >= 0.6 is 15.9 Å². The average molecular weight is 392 g/mol.